The van der Waals surface area contributed by atoms with Crippen molar-refractivity contribution >= 4 is 11.5 Å². The van der Waals surface area contributed by atoms with E-state index in [9.17, 15) is 9.18 Å². The van der Waals surface area contributed by atoms with E-state index in [0.717, 1.165) is 22.3 Å². The molecule has 8 nitrogen and oxygen atoms in total. The number of likely N-dealkylation sites (tertiary alicyclic amines) is 1. The molecule has 0 spiro atoms. The highest BCUT2D eigenvalue weighted by Crippen LogP contribution is 2.48. The Morgan fingerprint density at radius 2 is 1.89 bits per heavy atom. The molecule has 0 saturated carbocycles. The molecule has 2 aromatic carbocycles. The molecule has 0 aliphatic carbocycles. The van der Waals surface area contributed by atoms with Crippen molar-refractivity contribution in [3.63, 3.8) is 0 Å². The van der Waals surface area contributed by atoms with Crippen molar-refractivity contribution < 1.29 is 37.6 Å². The second-order valence-electron chi connectivity index (χ2n) is 9.32. The van der Waals surface area contributed by atoms with E-state index in [-0.39, 0.29) is 25.8 Å². The molecule has 2 aromatic rings. The lowest BCUT2D eigenvalue weighted by molar-refractivity contribution is -0.0426. The predicted molar refractivity (Wildman–Crippen MR) is 137 cm³/mol. The Kier molecular flexibility index (Phi) is 7.69. The van der Waals surface area contributed by atoms with Gasteiger partial charge in [0.2, 0.25) is 0 Å². The molecule has 2 unspecified atom stereocenters. The number of nitrogens with zero attached hydrogens (tertiary/aromatic N) is 1. The van der Waals surface area contributed by atoms with Gasteiger partial charge in [-0.15, -0.1) is 0 Å². The Morgan fingerprint density at radius 1 is 1.08 bits per heavy atom. The first-order chi connectivity index (χ1) is 18.5. The number of hydrogen-bond acceptors (Lipinski definition) is 8. The summed E-state index contributed by atoms with van der Waals surface area (Å²) in [6.07, 6.45) is 0.0304. The lowest BCUT2D eigenvalue weighted by atomic mass is 9.80. The molecule has 1 saturated heterocycles. The van der Waals surface area contributed by atoms with Gasteiger partial charge in [-0.25, -0.2) is 9.18 Å². The van der Waals surface area contributed by atoms with Gasteiger partial charge in [0, 0.05) is 17.7 Å². The molecule has 202 valence electrons. The molecule has 38 heavy (non-hydrogen) atoms. The fourth-order valence-corrected chi connectivity index (χ4v) is 5.57. The highest BCUT2D eigenvalue weighted by atomic mass is 19.1. The summed E-state index contributed by atoms with van der Waals surface area (Å²) in [5.74, 6) is 0.657. The quantitative estimate of drug-likeness (QED) is 0.510. The van der Waals surface area contributed by atoms with Crippen LogP contribution >= 0.6 is 0 Å². The molecule has 2 atom stereocenters. The summed E-state index contributed by atoms with van der Waals surface area (Å²) in [5, 5.41) is 0. The number of carbonyl (C=O) groups is 1. The zero-order chi connectivity index (χ0) is 26.8. The Hall–Kier alpha value is -3.40. The van der Waals surface area contributed by atoms with Crippen molar-refractivity contribution in [3.8, 4) is 11.5 Å². The zero-order valence-electron chi connectivity index (χ0n) is 22.0. The van der Waals surface area contributed by atoms with Gasteiger partial charge in [0.25, 0.3) is 0 Å². The molecule has 3 aliphatic heterocycles. The average Bonchev–Trinajstić information content (AvgIpc) is 3.28. The van der Waals surface area contributed by atoms with Crippen molar-refractivity contribution in [3.05, 3.63) is 75.8 Å². The molecule has 0 radical (unpaired) electrons. The Bertz CT molecular complexity index is 1290. The number of cyclic esters (lactones) is 1. The summed E-state index contributed by atoms with van der Waals surface area (Å²) in [6.45, 7) is 3.46. The largest absolute Gasteiger partial charge is 0.498 e. The molecule has 3 heterocycles. The number of fused-ring (bicyclic) bond motifs is 2. The second kappa shape index (κ2) is 11.1. The Morgan fingerprint density at radius 3 is 2.63 bits per heavy atom. The molecular formula is C29H32FNO7. The molecule has 0 N–H and O–H groups in total. The fourth-order valence-electron chi connectivity index (χ4n) is 5.57. The van der Waals surface area contributed by atoms with Gasteiger partial charge in [-0.2, -0.15) is 0 Å². The van der Waals surface area contributed by atoms with Crippen LogP contribution in [-0.4, -0.2) is 71.3 Å². The number of likely N-dealkylation sites (N-methyl/N-ethyl adjacent to an activating group) is 1. The number of rotatable bonds is 6. The maximum absolute atomic E-state index is 14.3. The molecule has 0 bridgehead atoms. The molecule has 9 heteroatoms. The van der Waals surface area contributed by atoms with E-state index in [1.165, 1.54) is 19.2 Å². The number of methoxy groups -OCH3 is 2. The van der Waals surface area contributed by atoms with Gasteiger partial charge in [0.15, 0.2) is 11.5 Å². The number of carbonyl (C=O) groups excluding carboxylic acids is 1. The molecular weight excluding hydrogens is 493 g/mol. The van der Waals surface area contributed by atoms with Crippen molar-refractivity contribution in [2.75, 3.05) is 54.4 Å². The number of hydrogen-bond donors (Lipinski definition) is 0. The maximum Gasteiger partial charge on any atom is 0.343 e. The van der Waals surface area contributed by atoms with Crippen LogP contribution in [0.5, 0.6) is 11.5 Å². The summed E-state index contributed by atoms with van der Waals surface area (Å²) in [6, 6.07) is 9.75. The van der Waals surface area contributed by atoms with Crippen LogP contribution < -0.4 is 9.47 Å². The summed E-state index contributed by atoms with van der Waals surface area (Å²) < 4.78 is 49.1. The average molecular weight is 526 g/mol. The van der Waals surface area contributed by atoms with Crippen LogP contribution in [0, 0.1) is 5.82 Å². The first kappa shape index (κ1) is 26.2. The monoisotopic (exact) mass is 525 g/mol. The first-order valence-corrected chi connectivity index (χ1v) is 12.6. The summed E-state index contributed by atoms with van der Waals surface area (Å²) >= 11 is 0. The van der Waals surface area contributed by atoms with E-state index < -0.39 is 18.1 Å². The number of ether oxygens (including phenoxy) is 6. The lowest BCUT2D eigenvalue weighted by Gasteiger charge is -2.40. The van der Waals surface area contributed by atoms with Crippen LogP contribution in [0.1, 0.15) is 40.9 Å². The normalized spacial score (nSPS) is 22.2. The van der Waals surface area contributed by atoms with Crippen LogP contribution in [0.3, 0.4) is 0 Å². The molecule has 0 amide bonds. The third-order valence-corrected chi connectivity index (χ3v) is 7.23. The first-order valence-electron chi connectivity index (χ1n) is 12.6. The topological polar surface area (TPSA) is 75.7 Å². The SMILES string of the molecule is CCOc1ccc2c(c1OC)C(=O)OC2C1C2=C(OC)COCOCC(c3cccc(F)c3)=C2CCN1C. The van der Waals surface area contributed by atoms with Crippen molar-refractivity contribution in [1.82, 2.24) is 4.90 Å². The second-order valence-corrected chi connectivity index (χ2v) is 9.32. The third kappa shape index (κ3) is 4.66. The van der Waals surface area contributed by atoms with Gasteiger partial charge < -0.3 is 28.4 Å². The highest BCUT2D eigenvalue weighted by Gasteiger charge is 2.46. The van der Waals surface area contributed by atoms with E-state index in [4.69, 9.17) is 28.4 Å². The standard InChI is InChI=1S/C29H32FNO7/c1-5-37-22-10-9-20-25(28(22)34-4)29(32)38-27(20)26-24-19(11-12-31(26)2)21(17-7-6-8-18(30)13-17)14-35-16-36-15-23(24)33-3/h6-10,13,26-27H,5,11-12,14-16H2,1-4H3. The Labute approximate surface area is 221 Å². The summed E-state index contributed by atoms with van der Waals surface area (Å²) in [5.41, 5.74) is 4.48. The fraction of sp³-hybridized carbons (Fsp3) is 0.414. The number of piperidine rings is 1. The molecule has 5 rings (SSSR count). The number of benzene rings is 2. The summed E-state index contributed by atoms with van der Waals surface area (Å²) in [7, 11) is 5.10. The van der Waals surface area contributed by atoms with Gasteiger partial charge in [-0.3, -0.25) is 4.90 Å². The van der Waals surface area contributed by atoms with E-state index >= 15 is 0 Å². The third-order valence-electron chi connectivity index (χ3n) is 7.23. The van der Waals surface area contributed by atoms with Gasteiger partial charge in [-0.05, 0) is 55.3 Å². The van der Waals surface area contributed by atoms with Gasteiger partial charge in [0.05, 0.1) is 33.5 Å². The van der Waals surface area contributed by atoms with E-state index in [1.54, 1.807) is 19.2 Å². The minimum atomic E-state index is -0.641. The van der Waals surface area contributed by atoms with Crippen molar-refractivity contribution in [1.29, 1.82) is 0 Å². The maximum atomic E-state index is 14.3. The van der Waals surface area contributed by atoms with Crippen LogP contribution in [0.2, 0.25) is 0 Å². The van der Waals surface area contributed by atoms with Gasteiger partial charge in [-0.1, -0.05) is 18.2 Å². The van der Waals surface area contributed by atoms with Crippen LogP contribution in [0.15, 0.2) is 53.3 Å². The Balaban J connectivity index is 1.70. The number of halogens is 1. The van der Waals surface area contributed by atoms with Crippen molar-refractivity contribution in [2.45, 2.75) is 25.5 Å². The zero-order valence-corrected chi connectivity index (χ0v) is 22.0. The minimum absolute atomic E-state index is 0.0609. The predicted octanol–water partition coefficient (Wildman–Crippen LogP) is 4.51. The van der Waals surface area contributed by atoms with Crippen LogP contribution in [0.25, 0.3) is 5.57 Å². The molecule has 1 fully saturated rings. The lowest BCUT2D eigenvalue weighted by Crippen LogP contribution is -2.44. The van der Waals surface area contributed by atoms with E-state index in [1.807, 2.05) is 26.1 Å². The molecule has 0 aromatic heterocycles. The highest BCUT2D eigenvalue weighted by molar-refractivity contribution is 5.98. The smallest absolute Gasteiger partial charge is 0.343 e. The van der Waals surface area contributed by atoms with Crippen molar-refractivity contribution in [2.24, 2.45) is 0 Å². The van der Waals surface area contributed by atoms with Crippen LogP contribution in [-0.2, 0) is 18.9 Å². The minimum Gasteiger partial charge on any atom is -0.498 e. The van der Waals surface area contributed by atoms with E-state index in [2.05, 4.69) is 4.90 Å². The molecule has 3 aliphatic rings. The van der Waals surface area contributed by atoms with Crippen LogP contribution in [0.4, 0.5) is 4.39 Å². The summed E-state index contributed by atoms with van der Waals surface area (Å²) in [4.78, 5) is 15.4. The number of esters is 1. The van der Waals surface area contributed by atoms with E-state index in [0.29, 0.717) is 48.0 Å². The van der Waals surface area contributed by atoms with Gasteiger partial charge in [0.1, 0.15) is 36.6 Å². The van der Waals surface area contributed by atoms with Gasteiger partial charge >= 0.3 is 5.97 Å².